The number of benzene rings is 1. The zero-order chi connectivity index (χ0) is 19.2. The number of aliphatic imine (C=N–C) groups is 1. The summed E-state index contributed by atoms with van der Waals surface area (Å²) in [7, 11) is -3.21. The van der Waals surface area contributed by atoms with E-state index in [0.717, 1.165) is 17.7 Å². The Morgan fingerprint density at radius 3 is 2.56 bits per heavy atom. The molecule has 0 saturated carbocycles. The second kappa shape index (κ2) is 10.6. The van der Waals surface area contributed by atoms with Gasteiger partial charge in [0.2, 0.25) is 5.89 Å². The van der Waals surface area contributed by atoms with Gasteiger partial charge in [0.15, 0.2) is 21.6 Å². The summed E-state index contributed by atoms with van der Waals surface area (Å²) in [4.78, 5) is 9.04. The normalized spacial score (nSPS) is 11.8. The van der Waals surface area contributed by atoms with Crippen molar-refractivity contribution in [1.82, 2.24) is 20.8 Å². The van der Waals surface area contributed by atoms with Gasteiger partial charge in [-0.2, -0.15) is 4.98 Å². The quantitative estimate of drug-likeness (QED) is 0.335. The highest BCUT2D eigenvalue weighted by Gasteiger charge is 2.10. The molecule has 0 amide bonds. The maximum Gasteiger partial charge on any atom is 0.228 e. The van der Waals surface area contributed by atoms with Crippen LogP contribution in [0.1, 0.15) is 29.8 Å². The van der Waals surface area contributed by atoms with Crippen LogP contribution in [0.2, 0.25) is 0 Å². The minimum absolute atomic E-state index is 0. The number of aryl methyl sites for hydroxylation is 2. The third-order valence-corrected chi connectivity index (χ3v) is 4.86. The van der Waals surface area contributed by atoms with Crippen molar-refractivity contribution >= 4 is 39.8 Å². The molecule has 0 radical (unpaired) electrons. The molecule has 1 aromatic carbocycles. The van der Waals surface area contributed by atoms with Gasteiger partial charge < -0.3 is 15.2 Å². The Labute approximate surface area is 177 Å². The molecule has 150 valence electrons. The lowest BCUT2D eigenvalue weighted by atomic mass is 10.1. The van der Waals surface area contributed by atoms with Crippen LogP contribution in [0.15, 0.2) is 32.6 Å². The van der Waals surface area contributed by atoms with Crippen molar-refractivity contribution in [1.29, 1.82) is 0 Å². The van der Waals surface area contributed by atoms with Gasteiger partial charge in [-0.25, -0.2) is 13.4 Å². The number of sulfone groups is 1. The summed E-state index contributed by atoms with van der Waals surface area (Å²) in [6.45, 7) is 7.35. The molecule has 2 N–H and O–H groups in total. The number of aromatic nitrogens is 2. The van der Waals surface area contributed by atoms with E-state index < -0.39 is 9.84 Å². The second-order valence-corrected chi connectivity index (χ2v) is 7.96. The van der Waals surface area contributed by atoms with Crippen LogP contribution in [0.3, 0.4) is 0 Å². The third-order valence-electron chi connectivity index (χ3n) is 3.60. The molecule has 0 unspecified atom stereocenters. The van der Waals surface area contributed by atoms with E-state index in [1.54, 1.807) is 26.0 Å². The first-order valence-corrected chi connectivity index (χ1v) is 10.3. The van der Waals surface area contributed by atoms with Crippen LogP contribution in [0.5, 0.6) is 0 Å². The second-order valence-electron chi connectivity index (χ2n) is 5.98. The molecule has 1 aromatic heterocycles. The van der Waals surface area contributed by atoms with Gasteiger partial charge in [-0.3, -0.25) is 0 Å². The fourth-order valence-electron chi connectivity index (χ4n) is 2.47. The largest absolute Gasteiger partial charge is 0.357 e. The number of hydrogen-bond donors (Lipinski definition) is 2. The van der Waals surface area contributed by atoms with Gasteiger partial charge in [-0.15, -0.1) is 24.0 Å². The first-order chi connectivity index (χ1) is 12.3. The Bertz CT molecular complexity index is 880. The fraction of sp³-hybridized carbons (Fsp3) is 0.471. The van der Waals surface area contributed by atoms with E-state index >= 15 is 0 Å². The van der Waals surface area contributed by atoms with Crippen LogP contribution < -0.4 is 10.6 Å². The van der Waals surface area contributed by atoms with E-state index in [1.807, 2.05) is 13.0 Å². The topological polar surface area (TPSA) is 109 Å². The molecule has 0 spiro atoms. The van der Waals surface area contributed by atoms with Crippen molar-refractivity contribution < 1.29 is 12.9 Å². The molecule has 0 aliphatic carbocycles. The Hall–Kier alpha value is -1.69. The number of guanidine groups is 1. The van der Waals surface area contributed by atoms with Crippen molar-refractivity contribution in [2.75, 3.05) is 19.3 Å². The average molecular weight is 507 g/mol. The Balaban J connectivity index is 0.00000364. The van der Waals surface area contributed by atoms with Gasteiger partial charge in [0.1, 0.15) is 0 Å². The number of nitrogens with zero attached hydrogens (tertiary/aromatic N) is 3. The highest BCUT2D eigenvalue weighted by molar-refractivity contribution is 14.0. The first-order valence-electron chi connectivity index (χ1n) is 8.40. The minimum atomic E-state index is -3.21. The molecular formula is C17H26IN5O3S. The standard InChI is InChI=1S/C17H25N5O3S.HI/c1-5-18-17(19-9-8-16-21-13(3)22-25-16)20-11-14-6-7-15(12(2)10-14)26(4,23)24;/h6-7,10H,5,8-9,11H2,1-4H3,(H2,18,19,20);1H. The van der Waals surface area contributed by atoms with E-state index in [1.165, 1.54) is 6.26 Å². The summed E-state index contributed by atoms with van der Waals surface area (Å²) in [6, 6.07) is 5.27. The lowest BCUT2D eigenvalue weighted by molar-refractivity contribution is 0.374. The number of halogens is 1. The lowest BCUT2D eigenvalue weighted by Crippen LogP contribution is -2.38. The summed E-state index contributed by atoms with van der Waals surface area (Å²) >= 11 is 0. The van der Waals surface area contributed by atoms with Crippen molar-refractivity contribution in [2.45, 2.75) is 38.6 Å². The van der Waals surface area contributed by atoms with Crippen molar-refractivity contribution in [3.63, 3.8) is 0 Å². The maximum absolute atomic E-state index is 11.7. The molecule has 0 aliphatic rings. The summed E-state index contributed by atoms with van der Waals surface area (Å²) in [5.41, 5.74) is 1.67. The van der Waals surface area contributed by atoms with Crippen LogP contribution in [-0.2, 0) is 22.8 Å². The molecule has 0 fully saturated rings. The Kier molecular flexibility index (Phi) is 9.16. The molecule has 2 rings (SSSR count). The minimum Gasteiger partial charge on any atom is -0.357 e. The van der Waals surface area contributed by atoms with Crippen LogP contribution in [-0.4, -0.2) is 43.9 Å². The summed E-state index contributed by atoms with van der Waals surface area (Å²) < 4.78 is 28.5. The van der Waals surface area contributed by atoms with Crippen LogP contribution in [0, 0.1) is 13.8 Å². The summed E-state index contributed by atoms with van der Waals surface area (Å²) in [5.74, 6) is 1.87. The van der Waals surface area contributed by atoms with Crippen LogP contribution in [0.25, 0.3) is 0 Å². The van der Waals surface area contributed by atoms with Crippen LogP contribution in [0.4, 0.5) is 0 Å². The fourth-order valence-corrected chi connectivity index (χ4v) is 3.43. The number of nitrogens with one attached hydrogen (secondary N) is 2. The van der Waals surface area contributed by atoms with Crippen LogP contribution >= 0.6 is 24.0 Å². The lowest BCUT2D eigenvalue weighted by Gasteiger charge is -2.11. The smallest absolute Gasteiger partial charge is 0.228 e. The van der Waals surface area contributed by atoms with Gasteiger partial charge in [0.25, 0.3) is 0 Å². The van der Waals surface area contributed by atoms with E-state index in [-0.39, 0.29) is 24.0 Å². The maximum atomic E-state index is 11.7. The predicted molar refractivity (Wildman–Crippen MR) is 115 cm³/mol. The molecular weight excluding hydrogens is 481 g/mol. The molecule has 0 aliphatic heterocycles. The molecule has 1 heterocycles. The highest BCUT2D eigenvalue weighted by Crippen LogP contribution is 2.17. The first kappa shape index (κ1) is 23.3. The third kappa shape index (κ3) is 7.45. The SMILES string of the molecule is CCNC(=NCc1ccc(S(C)(=O)=O)c(C)c1)NCCc1nc(C)no1.I. The van der Waals surface area contributed by atoms with E-state index in [9.17, 15) is 8.42 Å². The Morgan fingerprint density at radius 2 is 2.00 bits per heavy atom. The van der Waals surface area contributed by atoms with Gasteiger partial charge >= 0.3 is 0 Å². The zero-order valence-corrected chi connectivity index (χ0v) is 19.1. The van der Waals surface area contributed by atoms with Gasteiger partial charge in [-0.05, 0) is 38.0 Å². The molecule has 0 bridgehead atoms. The number of hydrogen-bond acceptors (Lipinski definition) is 6. The highest BCUT2D eigenvalue weighted by atomic mass is 127. The van der Waals surface area contributed by atoms with Crippen molar-refractivity contribution in [2.24, 2.45) is 4.99 Å². The van der Waals surface area contributed by atoms with Gasteiger partial charge in [0.05, 0.1) is 11.4 Å². The zero-order valence-electron chi connectivity index (χ0n) is 15.9. The average Bonchev–Trinajstić information content (AvgIpc) is 2.97. The molecule has 27 heavy (non-hydrogen) atoms. The Morgan fingerprint density at radius 1 is 1.26 bits per heavy atom. The monoisotopic (exact) mass is 507 g/mol. The van der Waals surface area contributed by atoms with Gasteiger partial charge in [0, 0.05) is 25.8 Å². The summed E-state index contributed by atoms with van der Waals surface area (Å²) in [5, 5.41) is 10.1. The molecule has 10 heteroatoms. The van der Waals surface area contributed by atoms with Crippen molar-refractivity contribution in [3.05, 3.63) is 41.0 Å². The molecule has 0 atom stereocenters. The van der Waals surface area contributed by atoms with Gasteiger partial charge in [-0.1, -0.05) is 17.3 Å². The molecule has 2 aromatic rings. The molecule has 8 nitrogen and oxygen atoms in total. The van der Waals surface area contributed by atoms with Crippen molar-refractivity contribution in [3.8, 4) is 0 Å². The van der Waals surface area contributed by atoms with E-state index in [0.29, 0.717) is 42.1 Å². The van der Waals surface area contributed by atoms with E-state index in [4.69, 9.17) is 4.52 Å². The summed E-state index contributed by atoms with van der Waals surface area (Å²) in [6.07, 6.45) is 1.82. The molecule has 0 saturated heterocycles. The predicted octanol–water partition coefficient (Wildman–Crippen LogP) is 2.01. The van der Waals surface area contributed by atoms with E-state index in [2.05, 4.69) is 25.8 Å². The number of rotatable bonds is 7.